The average Bonchev–Trinajstić information content (AvgIpc) is 2.18. The van der Waals surface area contributed by atoms with Crippen LogP contribution >= 0.6 is 0 Å². The summed E-state index contributed by atoms with van der Waals surface area (Å²) in [4.78, 5) is 8.25. The van der Waals surface area contributed by atoms with Crippen molar-refractivity contribution in [1.29, 1.82) is 0 Å². The third kappa shape index (κ3) is 4.18. The van der Waals surface area contributed by atoms with Crippen molar-refractivity contribution in [2.75, 3.05) is 25.1 Å². The normalized spacial score (nSPS) is 10.1. The number of rotatable bonds is 6. The van der Waals surface area contributed by atoms with Gasteiger partial charge in [-0.3, -0.25) is 0 Å². The van der Waals surface area contributed by atoms with Gasteiger partial charge in [-0.15, -0.1) is 0 Å². The van der Waals surface area contributed by atoms with Crippen LogP contribution < -0.4 is 5.32 Å². The molecule has 0 saturated carbocycles. The van der Waals surface area contributed by atoms with Gasteiger partial charge in [-0.05, 0) is 26.3 Å². The highest BCUT2D eigenvalue weighted by Crippen LogP contribution is 2.00. The van der Waals surface area contributed by atoms with Crippen LogP contribution in [0.15, 0.2) is 12.3 Å². The molecule has 0 bridgehead atoms. The molecule has 4 nitrogen and oxygen atoms in total. The van der Waals surface area contributed by atoms with Gasteiger partial charge in [0.25, 0.3) is 0 Å². The lowest BCUT2D eigenvalue weighted by molar-refractivity contribution is 0.147. The summed E-state index contributed by atoms with van der Waals surface area (Å²) in [5, 5.41) is 3.21. The third-order valence-electron chi connectivity index (χ3n) is 1.75. The minimum Gasteiger partial charge on any atom is -0.382 e. The molecule has 0 aromatic carbocycles. The highest BCUT2D eigenvalue weighted by molar-refractivity contribution is 5.32. The molecule has 14 heavy (non-hydrogen) atoms. The van der Waals surface area contributed by atoms with Crippen LogP contribution in [0.3, 0.4) is 0 Å². The number of nitrogens with zero attached hydrogens (tertiary/aromatic N) is 2. The standard InChI is InChI=1S/C10H17N3O/c1-3-14-8-4-6-12-10-5-7-11-9(2)13-10/h5,7H,3-4,6,8H2,1-2H3,(H,11,12,13). The molecule has 4 heteroatoms. The lowest BCUT2D eigenvalue weighted by atomic mass is 10.4. The first kappa shape index (κ1) is 10.9. The quantitative estimate of drug-likeness (QED) is 0.701. The first-order valence-corrected chi connectivity index (χ1v) is 4.94. The van der Waals surface area contributed by atoms with Crippen molar-refractivity contribution < 1.29 is 4.74 Å². The highest BCUT2D eigenvalue weighted by Gasteiger charge is 1.93. The maximum absolute atomic E-state index is 5.22. The summed E-state index contributed by atoms with van der Waals surface area (Å²) in [6.07, 6.45) is 2.75. The number of aryl methyl sites for hydroxylation is 1. The van der Waals surface area contributed by atoms with Crippen LogP contribution in [-0.4, -0.2) is 29.7 Å². The summed E-state index contributed by atoms with van der Waals surface area (Å²) < 4.78 is 5.22. The first-order valence-electron chi connectivity index (χ1n) is 4.94. The van der Waals surface area contributed by atoms with Crippen molar-refractivity contribution in [3.63, 3.8) is 0 Å². The molecule has 1 aromatic rings. The van der Waals surface area contributed by atoms with Crippen LogP contribution in [0, 0.1) is 6.92 Å². The summed E-state index contributed by atoms with van der Waals surface area (Å²) in [5.41, 5.74) is 0. The summed E-state index contributed by atoms with van der Waals surface area (Å²) in [6.45, 7) is 6.35. The molecule has 78 valence electrons. The maximum Gasteiger partial charge on any atom is 0.129 e. The first-order chi connectivity index (χ1) is 6.83. The van der Waals surface area contributed by atoms with Crippen LogP contribution in [0.5, 0.6) is 0 Å². The Labute approximate surface area is 84.7 Å². The van der Waals surface area contributed by atoms with Crippen LogP contribution in [0.2, 0.25) is 0 Å². The zero-order chi connectivity index (χ0) is 10.2. The molecule has 1 heterocycles. The summed E-state index contributed by atoms with van der Waals surface area (Å²) in [6, 6.07) is 1.87. The molecule has 0 atom stereocenters. The molecular formula is C10H17N3O. The molecule has 0 fully saturated rings. The molecular weight excluding hydrogens is 178 g/mol. The fraction of sp³-hybridized carbons (Fsp3) is 0.600. The topological polar surface area (TPSA) is 47.0 Å². The second-order valence-electron chi connectivity index (χ2n) is 2.97. The fourth-order valence-electron chi connectivity index (χ4n) is 1.09. The Hall–Kier alpha value is -1.16. The monoisotopic (exact) mass is 195 g/mol. The molecule has 0 unspecified atom stereocenters. The van der Waals surface area contributed by atoms with Crippen molar-refractivity contribution in [3.05, 3.63) is 18.1 Å². The highest BCUT2D eigenvalue weighted by atomic mass is 16.5. The van der Waals surface area contributed by atoms with Gasteiger partial charge in [0.15, 0.2) is 0 Å². The zero-order valence-electron chi connectivity index (χ0n) is 8.79. The zero-order valence-corrected chi connectivity index (χ0v) is 8.79. The van der Waals surface area contributed by atoms with E-state index < -0.39 is 0 Å². The van der Waals surface area contributed by atoms with Crippen molar-refractivity contribution in [1.82, 2.24) is 9.97 Å². The molecule has 1 rings (SSSR count). The van der Waals surface area contributed by atoms with Gasteiger partial charge < -0.3 is 10.1 Å². The van der Waals surface area contributed by atoms with Gasteiger partial charge in [0, 0.05) is 26.0 Å². The van der Waals surface area contributed by atoms with Gasteiger partial charge in [-0.25, -0.2) is 9.97 Å². The summed E-state index contributed by atoms with van der Waals surface area (Å²) in [5.74, 6) is 1.67. The van der Waals surface area contributed by atoms with E-state index in [0.29, 0.717) is 0 Å². The predicted octanol–water partition coefficient (Wildman–Crippen LogP) is 1.62. The number of hydrogen-bond acceptors (Lipinski definition) is 4. The fourth-order valence-corrected chi connectivity index (χ4v) is 1.09. The number of aromatic nitrogens is 2. The van der Waals surface area contributed by atoms with Gasteiger partial charge in [-0.1, -0.05) is 0 Å². The van der Waals surface area contributed by atoms with Gasteiger partial charge in [-0.2, -0.15) is 0 Å². The SMILES string of the molecule is CCOCCCNc1ccnc(C)n1. The summed E-state index contributed by atoms with van der Waals surface area (Å²) >= 11 is 0. The van der Waals surface area contributed by atoms with E-state index in [1.165, 1.54) is 0 Å². The maximum atomic E-state index is 5.22. The average molecular weight is 195 g/mol. The molecule has 0 aliphatic rings. The Morgan fingerprint density at radius 1 is 1.50 bits per heavy atom. The van der Waals surface area contributed by atoms with Crippen molar-refractivity contribution >= 4 is 5.82 Å². The van der Waals surface area contributed by atoms with E-state index >= 15 is 0 Å². The molecule has 0 spiro atoms. The van der Waals surface area contributed by atoms with E-state index in [9.17, 15) is 0 Å². The Kier molecular flexibility index (Phi) is 4.93. The van der Waals surface area contributed by atoms with Crippen molar-refractivity contribution in [2.45, 2.75) is 20.3 Å². The minimum atomic E-state index is 0.784. The lowest BCUT2D eigenvalue weighted by Gasteiger charge is -2.05. The molecule has 0 aliphatic heterocycles. The number of anilines is 1. The molecule has 0 radical (unpaired) electrons. The van der Waals surface area contributed by atoms with E-state index in [2.05, 4.69) is 15.3 Å². The second-order valence-corrected chi connectivity index (χ2v) is 2.97. The van der Waals surface area contributed by atoms with Gasteiger partial charge in [0.2, 0.25) is 0 Å². The Morgan fingerprint density at radius 3 is 3.07 bits per heavy atom. The Morgan fingerprint density at radius 2 is 2.36 bits per heavy atom. The van der Waals surface area contributed by atoms with Crippen LogP contribution in [-0.2, 0) is 4.74 Å². The molecule has 1 N–H and O–H groups in total. The van der Waals surface area contributed by atoms with Gasteiger partial charge in [0.1, 0.15) is 11.6 Å². The third-order valence-corrected chi connectivity index (χ3v) is 1.75. The lowest BCUT2D eigenvalue weighted by Crippen LogP contribution is -2.07. The van der Waals surface area contributed by atoms with E-state index in [0.717, 1.165) is 37.8 Å². The Balaban J connectivity index is 2.18. The van der Waals surface area contributed by atoms with Crippen molar-refractivity contribution in [3.8, 4) is 0 Å². The number of ether oxygens (including phenoxy) is 1. The number of nitrogens with one attached hydrogen (secondary N) is 1. The molecule has 0 saturated heterocycles. The van der Waals surface area contributed by atoms with Crippen LogP contribution in [0.1, 0.15) is 19.2 Å². The van der Waals surface area contributed by atoms with E-state index in [1.54, 1.807) is 6.20 Å². The van der Waals surface area contributed by atoms with Crippen LogP contribution in [0.25, 0.3) is 0 Å². The molecule has 1 aromatic heterocycles. The second kappa shape index (κ2) is 6.32. The summed E-state index contributed by atoms with van der Waals surface area (Å²) in [7, 11) is 0. The smallest absolute Gasteiger partial charge is 0.129 e. The number of hydrogen-bond donors (Lipinski definition) is 1. The van der Waals surface area contributed by atoms with E-state index in [-0.39, 0.29) is 0 Å². The Bertz CT molecular complexity index is 265. The van der Waals surface area contributed by atoms with E-state index in [4.69, 9.17) is 4.74 Å². The van der Waals surface area contributed by atoms with Crippen LogP contribution in [0.4, 0.5) is 5.82 Å². The van der Waals surface area contributed by atoms with E-state index in [1.807, 2.05) is 19.9 Å². The molecule has 0 aliphatic carbocycles. The molecule has 0 amide bonds. The largest absolute Gasteiger partial charge is 0.382 e. The van der Waals surface area contributed by atoms with Crippen molar-refractivity contribution in [2.24, 2.45) is 0 Å². The van der Waals surface area contributed by atoms with Gasteiger partial charge in [0.05, 0.1) is 0 Å². The predicted molar refractivity (Wildman–Crippen MR) is 56.4 cm³/mol. The van der Waals surface area contributed by atoms with Gasteiger partial charge >= 0.3 is 0 Å². The minimum absolute atomic E-state index is 0.784.